The van der Waals surface area contributed by atoms with E-state index in [0.29, 0.717) is 38.6 Å². The number of rotatable bonds is 7. The second-order valence-corrected chi connectivity index (χ2v) is 14.5. The van der Waals surface area contributed by atoms with Gasteiger partial charge in [-0.05, 0) is 104 Å². The lowest BCUT2D eigenvalue weighted by Crippen LogP contribution is -2.46. The van der Waals surface area contributed by atoms with E-state index in [1.807, 2.05) is 35.1 Å². The molecule has 2 aromatic heterocycles. The van der Waals surface area contributed by atoms with Crippen LogP contribution in [0.5, 0.6) is 0 Å². The molecular weight excluding hydrogens is 737 g/mol. The maximum absolute atomic E-state index is 13.9. The van der Waals surface area contributed by atoms with Crippen molar-refractivity contribution in [2.45, 2.75) is 51.2 Å². The van der Waals surface area contributed by atoms with Crippen LogP contribution in [0.15, 0.2) is 67.0 Å². The van der Waals surface area contributed by atoms with Crippen molar-refractivity contribution in [2.75, 3.05) is 23.7 Å². The van der Waals surface area contributed by atoms with Crippen molar-refractivity contribution < 1.29 is 4.39 Å². The summed E-state index contributed by atoms with van der Waals surface area (Å²) in [5.41, 5.74) is 4.46. The minimum Gasteiger partial charge on any atom is -0.373 e. The number of pyridine rings is 1. The lowest BCUT2D eigenvalue weighted by atomic mass is 9.98. The van der Waals surface area contributed by atoms with Gasteiger partial charge >= 0.3 is 0 Å². The summed E-state index contributed by atoms with van der Waals surface area (Å²) in [4.78, 5) is 6.99. The normalized spacial score (nSPS) is 15.1. The molecule has 0 saturated carbocycles. The van der Waals surface area contributed by atoms with E-state index in [1.54, 1.807) is 6.07 Å². The zero-order valence-corrected chi connectivity index (χ0v) is 29.2. The van der Waals surface area contributed by atoms with Crippen LogP contribution in [0.2, 0.25) is 10.0 Å². The Kier molecular flexibility index (Phi) is 9.39. The number of fused-ring (bicyclic) bond motifs is 1. The fourth-order valence-corrected chi connectivity index (χ4v) is 6.88. The molecule has 12 heteroatoms. The fraction of sp³-hybridized carbons (Fsp3) is 0.294. The maximum Gasteiger partial charge on any atom is 0.141 e. The van der Waals surface area contributed by atoms with Crippen LogP contribution in [0.1, 0.15) is 62.5 Å². The van der Waals surface area contributed by atoms with Crippen LogP contribution in [0, 0.1) is 20.7 Å². The quantitative estimate of drug-likeness (QED) is 0.160. The zero-order chi connectivity index (χ0) is 32.6. The number of piperidine rings is 1. The predicted molar refractivity (Wildman–Crippen MR) is 190 cm³/mol. The highest BCUT2D eigenvalue weighted by molar-refractivity contribution is 14.1. The van der Waals surface area contributed by atoms with Crippen LogP contribution >= 0.6 is 45.8 Å². The van der Waals surface area contributed by atoms with Crippen molar-refractivity contribution in [1.82, 2.24) is 24.9 Å². The van der Waals surface area contributed by atoms with Crippen LogP contribution < -0.4 is 10.6 Å². The van der Waals surface area contributed by atoms with E-state index in [1.165, 1.54) is 18.3 Å². The second-order valence-electron chi connectivity index (χ2n) is 12.4. The number of benzene rings is 3. The summed E-state index contributed by atoms with van der Waals surface area (Å²) in [7, 11) is 0. The molecule has 0 amide bonds. The largest absolute Gasteiger partial charge is 0.373 e. The third-order valence-electron chi connectivity index (χ3n) is 8.34. The number of hydrogen-bond acceptors (Lipinski definition) is 7. The molecule has 3 heterocycles. The zero-order valence-electron chi connectivity index (χ0n) is 25.5. The molecule has 0 spiro atoms. The molecule has 1 atom stereocenters. The fourth-order valence-electron chi connectivity index (χ4n) is 5.86. The first-order chi connectivity index (χ1) is 22.0. The van der Waals surface area contributed by atoms with E-state index in [0.717, 1.165) is 40.8 Å². The summed E-state index contributed by atoms with van der Waals surface area (Å²) in [6.07, 6.45) is 5.52. The molecule has 0 radical (unpaired) electrons. The third kappa shape index (κ3) is 6.93. The SMILES string of the molecule is CC(C)(C)N1CCC(n2cc(C(Nc3cc(Cl)c4ncc(C#N)c(Nc5ccc(F)c(Cl)c5)c4c3)c3cccc(I)c3)nn2)CC1. The molecule has 2 N–H and O–H groups in total. The Morgan fingerprint density at radius 2 is 1.80 bits per heavy atom. The summed E-state index contributed by atoms with van der Waals surface area (Å²) in [5.74, 6) is -0.532. The van der Waals surface area contributed by atoms with Crippen LogP contribution in [0.3, 0.4) is 0 Å². The van der Waals surface area contributed by atoms with Crippen molar-refractivity contribution in [3.05, 3.63) is 103 Å². The molecule has 1 aliphatic rings. The van der Waals surface area contributed by atoms with Crippen LogP contribution in [-0.2, 0) is 0 Å². The Balaban J connectivity index is 1.36. The van der Waals surface area contributed by atoms with Crippen LogP contribution in [-0.4, -0.2) is 43.5 Å². The molecule has 3 aromatic carbocycles. The van der Waals surface area contributed by atoms with E-state index in [9.17, 15) is 9.65 Å². The molecule has 1 unspecified atom stereocenters. The number of anilines is 3. The maximum atomic E-state index is 13.9. The number of hydrogen-bond donors (Lipinski definition) is 2. The van der Waals surface area contributed by atoms with Gasteiger partial charge in [-0.2, -0.15) is 5.26 Å². The van der Waals surface area contributed by atoms with Gasteiger partial charge in [0.25, 0.3) is 0 Å². The van der Waals surface area contributed by atoms with Gasteiger partial charge in [-0.25, -0.2) is 9.07 Å². The lowest BCUT2D eigenvalue weighted by molar-refractivity contribution is 0.0866. The predicted octanol–water partition coefficient (Wildman–Crippen LogP) is 9.13. The van der Waals surface area contributed by atoms with Gasteiger partial charge in [0, 0.05) is 45.2 Å². The number of halogens is 4. The summed E-state index contributed by atoms with van der Waals surface area (Å²) >= 11 is 15.2. The molecule has 8 nitrogen and oxygen atoms in total. The molecule has 0 aliphatic carbocycles. The van der Waals surface area contributed by atoms with Crippen molar-refractivity contribution in [3.63, 3.8) is 0 Å². The topological polar surface area (TPSA) is 94.7 Å². The van der Waals surface area contributed by atoms with Gasteiger partial charge in [0.15, 0.2) is 0 Å². The van der Waals surface area contributed by atoms with Gasteiger partial charge < -0.3 is 10.6 Å². The number of nitriles is 1. The van der Waals surface area contributed by atoms with Crippen molar-refractivity contribution in [2.24, 2.45) is 0 Å². The van der Waals surface area contributed by atoms with E-state index in [2.05, 4.69) is 92.4 Å². The Hall–Kier alpha value is -3.50. The van der Waals surface area contributed by atoms with Crippen molar-refractivity contribution >= 4 is 73.8 Å². The molecule has 1 aliphatic heterocycles. The average Bonchev–Trinajstić information content (AvgIpc) is 3.52. The standard InChI is InChI=1S/C34H32Cl2FIN8/c1-34(2,3)45-11-9-25(10-12-45)46-19-30(43-44-46)32(20-5-4-6-22(38)13-20)42-24-14-26-31(41-23-7-8-29(37)27(35)15-23)21(17-39)18-40-33(26)28(36)16-24/h4-8,13-16,18-19,25,32,42H,9-12H2,1-3H3,(H,40,41). The number of nitrogens with one attached hydrogen (secondary N) is 2. The Labute approximate surface area is 291 Å². The van der Waals surface area contributed by atoms with Crippen LogP contribution in [0.4, 0.5) is 21.5 Å². The van der Waals surface area contributed by atoms with E-state index in [-0.39, 0.29) is 22.6 Å². The number of nitrogens with zero attached hydrogens (tertiary/aromatic N) is 6. The molecule has 0 bridgehead atoms. The summed E-state index contributed by atoms with van der Waals surface area (Å²) < 4.78 is 17.0. The van der Waals surface area contributed by atoms with Gasteiger partial charge in [-0.3, -0.25) is 9.88 Å². The van der Waals surface area contributed by atoms with Gasteiger partial charge in [0.05, 0.1) is 45.1 Å². The highest BCUT2D eigenvalue weighted by Gasteiger charge is 2.29. The number of aromatic nitrogens is 4. The Bertz CT molecular complexity index is 1940. The molecular formula is C34H32Cl2FIN8. The molecule has 1 fully saturated rings. The Morgan fingerprint density at radius 3 is 2.50 bits per heavy atom. The average molecular weight is 769 g/mol. The smallest absolute Gasteiger partial charge is 0.141 e. The van der Waals surface area contributed by atoms with Gasteiger partial charge in [0.2, 0.25) is 0 Å². The first-order valence-corrected chi connectivity index (χ1v) is 16.8. The van der Waals surface area contributed by atoms with E-state index >= 15 is 0 Å². The van der Waals surface area contributed by atoms with Gasteiger partial charge in [0.1, 0.15) is 17.6 Å². The third-order valence-corrected chi connectivity index (χ3v) is 9.59. The number of likely N-dealkylation sites (tertiary alicyclic amines) is 1. The van der Waals surface area contributed by atoms with Gasteiger partial charge in [-0.15, -0.1) is 5.10 Å². The molecule has 46 heavy (non-hydrogen) atoms. The monoisotopic (exact) mass is 768 g/mol. The summed E-state index contributed by atoms with van der Waals surface area (Å²) in [5, 5.41) is 27.0. The highest BCUT2D eigenvalue weighted by atomic mass is 127. The summed E-state index contributed by atoms with van der Waals surface area (Å²) in [6.45, 7) is 8.79. The minimum atomic E-state index is -0.532. The molecule has 5 aromatic rings. The second kappa shape index (κ2) is 13.3. The highest BCUT2D eigenvalue weighted by Crippen LogP contribution is 2.37. The van der Waals surface area contributed by atoms with E-state index < -0.39 is 5.82 Å². The molecule has 236 valence electrons. The van der Waals surface area contributed by atoms with Crippen molar-refractivity contribution in [3.8, 4) is 6.07 Å². The molecule has 6 rings (SSSR count). The minimum absolute atomic E-state index is 0.0320. The van der Waals surface area contributed by atoms with Crippen LogP contribution in [0.25, 0.3) is 10.9 Å². The molecule has 1 saturated heterocycles. The Morgan fingerprint density at radius 1 is 1.04 bits per heavy atom. The van der Waals surface area contributed by atoms with Gasteiger partial charge in [-0.1, -0.05) is 40.5 Å². The van der Waals surface area contributed by atoms with Crippen molar-refractivity contribution in [1.29, 1.82) is 5.26 Å². The first kappa shape index (κ1) is 32.4. The summed E-state index contributed by atoms with van der Waals surface area (Å²) in [6, 6.07) is 18.4. The first-order valence-electron chi connectivity index (χ1n) is 14.9. The lowest BCUT2D eigenvalue weighted by Gasteiger charge is -2.40. The van der Waals surface area contributed by atoms with E-state index in [4.69, 9.17) is 23.2 Å².